The maximum absolute atomic E-state index is 13.1. The normalized spacial score (nSPS) is 21.8. The summed E-state index contributed by atoms with van der Waals surface area (Å²) in [6.07, 6.45) is 4.04. The molecule has 2 N–H and O–H groups in total. The largest absolute Gasteiger partial charge is 0.481 e. The van der Waals surface area contributed by atoms with Gasteiger partial charge in [-0.25, -0.2) is 4.39 Å². The summed E-state index contributed by atoms with van der Waals surface area (Å²) in [7, 11) is 0. The van der Waals surface area contributed by atoms with Crippen LogP contribution in [0.2, 0.25) is 0 Å². The molecule has 2 fully saturated rings. The van der Waals surface area contributed by atoms with Gasteiger partial charge in [0, 0.05) is 19.0 Å². The minimum atomic E-state index is -1.06. The van der Waals surface area contributed by atoms with Gasteiger partial charge in [0.25, 0.3) is 0 Å². The van der Waals surface area contributed by atoms with Gasteiger partial charge in [-0.15, -0.1) is 0 Å². The standard InChI is InChI=1S/C19H23FN2O4/c20-14-7-5-12(6-8-14)16(10-18(24)25)21-19(26)13-9-17(23)22(11-13)15-3-1-2-4-15/h5-8,13,15-16H,1-4,9-11H2,(H,21,26)(H,24,25). The van der Waals surface area contributed by atoms with Crippen LogP contribution in [0.25, 0.3) is 0 Å². The van der Waals surface area contributed by atoms with Crippen molar-refractivity contribution < 1.29 is 23.9 Å². The Labute approximate surface area is 151 Å². The number of hydrogen-bond acceptors (Lipinski definition) is 3. The summed E-state index contributed by atoms with van der Waals surface area (Å²) in [5, 5.41) is 11.9. The number of carboxylic acids is 1. The van der Waals surface area contributed by atoms with Gasteiger partial charge in [-0.05, 0) is 30.5 Å². The average Bonchev–Trinajstić information content (AvgIpc) is 3.23. The molecule has 26 heavy (non-hydrogen) atoms. The minimum Gasteiger partial charge on any atom is -0.481 e. The molecule has 2 aliphatic rings. The molecule has 1 aromatic carbocycles. The second-order valence-electron chi connectivity index (χ2n) is 7.10. The highest BCUT2D eigenvalue weighted by Crippen LogP contribution is 2.30. The van der Waals surface area contributed by atoms with Crippen molar-refractivity contribution in [3.63, 3.8) is 0 Å². The molecule has 140 valence electrons. The number of hydrogen-bond donors (Lipinski definition) is 2. The van der Waals surface area contributed by atoms with Crippen molar-refractivity contribution in [3.8, 4) is 0 Å². The van der Waals surface area contributed by atoms with Gasteiger partial charge >= 0.3 is 5.97 Å². The number of halogens is 1. The number of benzene rings is 1. The van der Waals surface area contributed by atoms with E-state index in [0.717, 1.165) is 25.7 Å². The number of aliphatic carboxylic acids is 1. The summed E-state index contributed by atoms with van der Waals surface area (Å²) >= 11 is 0. The lowest BCUT2D eigenvalue weighted by Gasteiger charge is -2.24. The molecule has 1 heterocycles. The Balaban J connectivity index is 1.66. The zero-order valence-corrected chi connectivity index (χ0v) is 14.5. The van der Waals surface area contributed by atoms with Gasteiger partial charge in [0.2, 0.25) is 11.8 Å². The lowest BCUT2D eigenvalue weighted by molar-refractivity contribution is -0.138. The molecular weight excluding hydrogens is 339 g/mol. The van der Waals surface area contributed by atoms with E-state index in [9.17, 15) is 18.8 Å². The van der Waals surface area contributed by atoms with E-state index in [1.54, 1.807) is 4.90 Å². The van der Waals surface area contributed by atoms with Crippen LogP contribution in [0.15, 0.2) is 24.3 Å². The Hall–Kier alpha value is -2.44. The summed E-state index contributed by atoms with van der Waals surface area (Å²) in [4.78, 5) is 37.8. The van der Waals surface area contributed by atoms with Gasteiger partial charge in [-0.3, -0.25) is 14.4 Å². The number of amides is 2. The average molecular weight is 362 g/mol. The zero-order chi connectivity index (χ0) is 18.7. The first kappa shape index (κ1) is 18.4. The predicted octanol–water partition coefficient (Wildman–Crippen LogP) is 2.25. The van der Waals surface area contributed by atoms with Gasteiger partial charge in [0.15, 0.2) is 0 Å². The maximum atomic E-state index is 13.1. The number of carbonyl (C=O) groups excluding carboxylic acids is 2. The molecule has 3 rings (SSSR count). The number of rotatable bonds is 6. The van der Waals surface area contributed by atoms with Crippen LogP contribution in [0.1, 0.15) is 50.1 Å². The Bertz CT molecular complexity index is 685. The quantitative estimate of drug-likeness (QED) is 0.813. The summed E-state index contributed by atoms with van der Waals surface area (Å²) in [5.74, 6) is -2.29. The minimum absolute atomic E-state index is 0.00591. The van der Waals surface area contributed by atoms with Crippen LogP contribution in [-0.4, -0.2) is 40.4 Å². The summed E-state index contributed by atoms with van der Waals surface area (Å²) < 4.78 is 13.1. The molecule has 1 aromatic rings. The van der Waals surface area contributed by atoms with Crippen molar-refractivity contribution in [2.45, 2.75) is 50.6 Å². The van der Waals surface area contributed by atoms with Crippen LogP contribution in [-0.2, 0) is 14.4 Å². The Morgan fingerprint density at radius 3 is 2.50 bits per heavy atom. The number of nitrogens with one attached hydrogen (secondary N) is 1. The van der Waals surface area contributed by atoms with E-state index in [0.29, 0.717) is 12.1 Å². The maximum Gasteiger partial charge on any atom is 0.305 e. The first-order valence-electron chi connectivity index (χ1n) is 9.01. The van der Waals surface area contributed by atoms with Crippen molar-refractivity contribution >= 4 is 17.8 Å². The van der Waals surface area contributed by atoms with E-state index < -0.39 is 23.7 Å². The summed E-state index contributed by atoms with van der Waals surface area (Å²) in [6.45, 7) is 0.387. The molecule has 2 amide bonds. The van der Waals surface area contributed by atoms with Crippen LogP contribution in [0, 0.1) is 11.7 Å². The molecule has 0 spiro atoms. The Kier molecular flexibility index (Phi) is 5.54. The fourth-order valence-electron chi connectivity index (χ4n) is 3.89. The lowest BCUT2D eigenvalue weighted by Crippen LogP contribution is -2.38. The lowest BCUT2D eigenvalue weighted by atomic mass is 10.0. The highest BCUT2D eigenvalue weighted by atomic mass is 19.1. The van der Waals surface area contributed by atoms with E-state index in [-0.39, 0.29) is 30.7 Å². The van der Waals surface area contributed by atoms with E-state index in [2.05, 4.69) is 5.32 Å². The van der Waals surface area contributed by atoms with Crippen LogP contribution in [0.5, 0.6) is 0 Å². The highest BCUT2D eigenvalue weighted by Gasteiger charge is 2.39. The SMILES string of the molecule is O=C(O)CC(NC(=O)C1CC(=O)N(C2CCCC2)C1)c1ccc(F)cc1. The highest BCUT2D eigenvalue weighted by molar-refractivity contribution is 5.89. The topological polar surface area (TPSA) is 86.7 Å². The number of nitrogens with zero attached hydrogens (tertiary/aromatic N) is 1. The first-order valence-corrected chi connectivity index (χ1v) is 9.01. The van der Waals surface area contributed by atoms with Crippen LogP contribution in [0.4, 0.5) is 4.39 Å². The third-order valence-electron chi connectivity index (χ3n) is 5.26. The van der Waals surface area contributed by atoms with Gasteiger partial charge in [0.05, 0.1) is 18.4 Å². The molecule has 1 saturated carbocycles. The van der Waals surface area contributed by atoms with Gasteiger partial charge in [-0.2, -0.15) is 0 Å². The summed E-state index contributed by atoms with van der Waals surface area (Å²) in [6, 6.07) is 4.87. The van der Waals surface area contributed by atoms with Gasteiger partial charge in [-0.1, -0.05) is 25.0 Å². The fraction of sp³-hybridized carbons (Fsp3) is 0.526. The van der Waals surface area contributed by atoms with Gasteiger partial charge < -0.3 is 15.3 Å². The number of carboxylic acid groups (broad SMARTS) is 1. The monoisotopic (exact) mass is 362 g/mol. The second-order valence-corrected chi connectivity index (χ2v) is 7.10. The van der Waals surface area contributed by atoms with Crippen molar-refractivity contribution in [3.05, 3.63) is 35.6 Å². The molecule has 6 nitrogen and oxygen atoms in total. The van der Waals surface area contributed by atoms with E-state index >= 15 is 0 Å². The predicted molar refractivity (Wildman–Crippen MR) is 91.6 cm³/mol. The van der Waals surface area contributed by atoms with E-state index in [4.69, 9.17) is 5.11 Å². The van der Waals surface area contributed by atoms with Crippen molar-refractivity contribution in [2.75, 3.05) is 6.54 Å². The third-order valence-corrected chi connectivity index (χ3v) is 5.26. The van der Waals surface area contributed by atoms with Crippen molar-refractivity contribution in [2.24, 2.45) is 5.92 Å². The smallest absolute Gasteiger partial charge is 0.305 e. The molecule has 0 radical (unpaired) electrons. The number of likely N-dealkylation sites (tertiary alicyclic amines) is 1. The molecule has 1 aliphatic heterocycles. The van der Waals surface area contributed by atoms with Crippen LogP contribution in [0.3, 0.4) is 0 Å². The third kappa shape index (κ3) is 4.20. The van der Waals surface area contributed by atoms with Gasteiger partial charge in [0.1, 0.15) is 5.82 Å². The Morgan fingerprint density at radius 2 is 1.88 bits per heavy atom. The molecule has 0 bridgehead atoms. The molecule has 1 saturated heterocycles. The van der Waals surface area contributed by atoms with Crippen molar-refractivity contribution in [1.82, 2.24) is 10.2 Å². The van der Waals surface area contributed by atoms with E-state index in [1.807, 2.05) is 0 Å². The van der Waals surface area contributed by atoms with Crippen molar-refractivity contribution in [1.29, 1.82) is 0 Å². The molecule has 7 heteroatoms. The number of carbonyl (C=O) groups is 3. The molecule has 0 aromatic heterocycles. The van der Waals surface area contributed by atoms with E-state index in [1.165, 1.54) is 24.3 Å². The molecule has 2 atom stereocenters. The van der Waals surface area contributed by atoms with Crippen LogP contribution < -0.4 is 5.32 Å². The first-order chi connectivity index (χ1) is 12.4. The Morgan fingerprint density at radius 1 is 1.23 bits per heavy atom. The molecule has 1 aliphatic carbocycles. The molecule has 2 unspecified atom stereocenters. The fourth-order valence-corrected chi connectivity index (χ4v) is 3.89. The zero-order valence-electron chi connectivity index (χ0n) is 14.5. The van der Waals surface area contributed by atoms with Crippen LogP contribution >= 0.6 is 0 Å². The molecular formula is C19H23FN2O4. The second kappa shape index (κ2) is 7.85. The summed E-state index contributed by atoms with van der Waals surface area (Å²) in [5.41, 5.74) is 0.527.